The summed E-state index contributed by atoms with van der Waals surface area (Å²) in [7, 11) is 0. The summed E-state index contributed by atoms with van der Waals surface area (Å²) in [6, 6.07) is 7.42. The van der Waals surface area contributed by atoms with Gasteiger partial charge >= 0.3 is 0 Å². The van der Waals surface area contributed by atoms with E-state index in [0.29, 0.717) is 12.4 Å². The molecule has 1 aromatic rings. The second kappa shape index (κ2) is 4.17. The first-order valence-corrected chi connectivity index (χ1v) is 5.22. The van der Waals surface area contributed by atoms with Gasteiger partial charge in [0.1, 0.15) is 18.0 Å². The Labute approximate surface area is 94.7 Å². The maximum atomic E-state index is 9.80. The lowest BCUT2D eigenvalue weighted by molar-refractivity contribution is 0.0968. The van der Waals surface area contributed by atoms with Crippen LogP contribution in [-0.4, -0.2) is 29.0 Å². The Bertz CT molecular complexity index is 423. The van der Waals surface area contributed by atoms with Gasteiger partial charge in [-0.1, -0.05) is 24.0 Å². The Morgan fingerprint density at radius 3 is 2.50 bits per heavy atom. The van der Waals surface area contributed by atoms with Crippen LogP contribution >= 0.6 is 0 Å². The van der Waals surface area contributed by atoms with E-state index in [1.807, 2.05) is 24.3 Å². The smallest absolute Gasteiger partial charge is 0.140 e. The third kappa shape index (κ3) is 2.04. The van der Waals surface area contributed by atoms with E-state index < -0.39 is 5.60 Å². The Hall–Kier alpha value is -1.50. The molecule has 0 saturated carbocycles. The summed E-state index contributed by atoms with van der Waals surface area (Å²) < 4.78 is 5.24. The zero-order valence-corrected chi connectivity index (χ0v) is 9.10. The number of ether oxygens (including phenoxy) is 1. The number of rotatable bonds is 4. The molecule has 0 saturated heterocycles. The zero-order chi connectivity index (χ0) is 11.6. The largest absolute Gasteiger partial charge is 0.491 e. The molecule has 3 nitrogen and oxygen atoms in total. The first-order valence-electron chi connectivity index (χ1n) is 5.22. The van der Waals surface area contributed by atoms with Gasteiger partial charge in [-0.05, 0) is 24.6 Å². The summed E-state index contributed by atoms with van der Waals surface area (Å²) in [5.74, 6) is 6.26. The van der Waals surface area contributed by atoms with Crippen LogP contribution in [-0.2, 0) is 0 Å². The van der Waals surface area contributed by atoms with Crippen molar-refractivity contribution in [3.63, 3.8) is 0 Å². The molecule has 1 aliphatic rings. The maximum absolute atomic E-state index is 9.80. The minimum absolute atomic E-state index is 0.00453. The van der Waals surface area contributed by atoms with Crippen LogP contribution in [0.25, 0.3) is 0 Å². The highest BCUT2D eigenvalue weighted by Gasteiger charge is 2.35. The first-order chi connectivity index (χ1) is 7.63. The lowest BCUT2D eigenvalue weighted by atomic mass is 9.77. The molecule has 2 rings (SSSR count). The topological polar surface area (TPSA) is 49.7 Å². The molecule has 0 bridgehead atoms. The predicted octanol–water partition coefficient (Wildman–Crippen LogP) is 0.909. The van der Waals surface area contributed by atoms with E-state index in [-0.39, 0.29) is 12.5 Å². The van der Waals surface area contributed by atoms with E-state index in [1.165, 1.54) is 0 Å². The molecule has 1 aliphatic carbocycles. The summed E-state index contributed by atoms with van der Waals surface area (Å²) in [4.78, 5) is 0. The highest BCUT2D eigenvalue weighted by molar-refractivity contribution is 5.45. The number of aliphatic hydroxyl groups excluding tert-OH is 1. The second-order valence-corrected chi connectivity index (χ2v) is 3.99. The van der Waals surface area contributed by atoms with E-state index in [9.17, 15) is 5.11 Å². The van der Waals surface area contributed by atoms with Crippen molar-refractivity contribution >= 4 is 0 Å². The molecule has 0 aliphatic heterocycles. The van der Waals surface area contributed by atoms with Gasteiger partial charge in [0, 0.05) is 0 Å². The van der Waals surface area contributed by atoms with Gasteiger partial charge in [0.25, 0.3) is 0 Å². The van der Waals surface area contributed by atoms with Crippen LogP contribution in [0.1, 0.15) is 18.4 Å². The molecule has 2 N–H and O–H groups in total. The lowest BCUT2D eigenvalue weighted by Crippen LogP contribution is -2.36. The Morgan fingerprint density at radius 1 is 1.38 bits per heavy atom. The van der Waals surface area contributed by atoms with Crippen LogP contribution in [0.3, 0.4) is 0 Å². The van der Waals surface area contributed by atoms with Crippen LogP contribution in [0.4, 0.5) is 0 Å². The Kier molecular flexibility index (Phi) is 2.86. The maximum Gasteiger partial charge on any atom is 0.140 e. The lowest BCUT2D eigenvalue weighted by Gasteiger charge is -2.30. The summed E-state index contributed by atoms with van der Waals surface area (Å²) in [5.41, 5.74) is 0.0769. The third-order valence-corrected chi connectivity index (χ3v) is 2.61. The number of benzene rings is 1. The van der Waals surface area contributed by atoms with Crippen molar-refractivity contribution < 1.29 is 14.9 Å². The van der Waals surface area contributed by atoms with Crippen molar-refractivity contribution in [2.75, 3.05) is 13.2 Å². The van der Waals surface area contributed by atoms with Gasteiger partial charge in [-0.25, -0.2) is 0 Å². The number of aliphatic hydroxyl groups is 2. The highest BCUT2D eigenvalue weighted by atomic mass is 16.5. The van der Waals surface area contributed by atoms with Crippen molar-refractivity contribution in [2.24, 2.45) is 0 Å². The van der Waals surface area contributed by atoms with E-state index in [1.54, 1.807) is 6.92 Å². The van der Waals surface area contributed by atoms with Crippen LogP contribution in [0.2, 0.25) is 0 Å². The van der Waals surface area contributed by atoms with Gasteiger partial charge in [-0.15, -0.1) is 0 Å². The van der Waals surface area contributed by atoms with Crippen molar-refractivity contribution in [3.8, 4) is 17.6 Å². The standard InChI is InChI=1S/C13H14O3/c1-13(15)7-6-12(13)10-2-4-11(5-3-10)16-9-8-14/h2-5,12,14-15H,8-9H2,1H3. The molecule has 1 aromatic carbocycles. The summed E-state index contributed by atoms with van der Waals surface area (Å²) in [6.45, 7) is 2.01. The van der Waals surface area contributed by atoms with Crippen LogP contribution in [0, 0.1) is 11.8 Å². The van der Waals surface area contributed by atoms with Gasteiger partial charge in [-0.2, -0.15) is 0 Å². The molecular weight excluding hydrogens is 204 g/mol. The summed E-state index contributed by atoms with van der Waals surface area (Å²) >= 11 is 0. The van der Waals surface area contributed by atoms with Gasteiger partial charge in [0.15, 0.2) is 0 Å². The Morgan fingerprint density at radius 2 is 2.06 bits per heavy atom. The van der Waals surface area contributed by atoms with Gasteiger partial charge in [0.2, 0.25) is 0 Å². The highest BCUT2D eigenvalue weighted by Crippen LogP contribution is 2.33. The molecule has 84 valence electrons. The second-order valence-electron chi connectivity index (χ2n) is 3.99. The van der Waals surface area contributed by atoms with Gasteiger partial charge in [0.05, 0.1) is 12.5 Å². The molecule has 0 fully saturated rings. The van der Waals surface area contributed by atoms with E-state index in [2.05, 4.69) is 11.8 Å². The molecule has 3 heteroatoms. The van der Waals surface area contributed by atoms with E-state index in [4.69, 9.17) is 9.84 Å². The molecule has 16 heavy (non-hydrogen) atoms. The van der Waals surface area contributed by atoms with E-state index in [0.717, 1.165) is 5.56 Å². The van der Waals surface area contributed by atoms with Crippen molar-refractivity contribution in [1.29, 1.82) is 0 Å². The summed E-state index contributed by atoms with van der Waals surface area (Å²) in [6.07, 6.45) is 0. The minimum atomic E-state index is -0.909. The molecule has 2 atom stereocenters. The molecule has 0 heterocycles. The van der Waals surface area contributed by atoms with Crippen molar-refractivity contribution in [1.82, 2.24) is 0 Å². The van der Waals surface area contributed by atoms with Crippen molar-refractivity contribution in [2.45, 2.75) is 18.4 Å². The fourth-order valence-corrected chi connectivity index (χ4v) is 1.68. The molecular formula is C13H14O3. The van der Waals surface area contributed by atoms with Gasteiger partial charge in [-0.3, -0.25) is 0 Å². The van der Waals surface area contributed by atoms with Crippen LogP contribution in [0.15, 0.2) is 24.3 Å². The molecule has 0 radical (unpaired) electrons. The predicted molar refractivity (Wildman–Crippen MR) is 60.2 cm³/mol. The monoisotopic (exact) mass is 218 g/mol. The molecule has 0 amide bonds. The zero-order valence-electron chi connectivity index (χ0n) is 9.10. The summed E-state index contributed by atoms with van der Waals surface area (Å²) in [5, 5.41) is 18.4. The molecule has 2 unspecified atom stereocenters. The van der Waals surface area contributed by atoms with Gasteiger partial charge < -0.3 is 14.9 Å². The molecule has 0 spiro atoms. The minimum Gasteiger partial charge on any atom is -0.491 e. The third-order valence-electron chi connectivity index (χ3n) is 2.61. The normalized spacial score (nSPS) is 26.6. The SMILES string of the molecule is CC1(O)C#CC1c1ccc(OCCO)cc1. The Balaban J connectivity index is 2.07. The average Bonchev–Trinajstić information content (AvgIpc) is 2.27. The van der Waals surface area contributed by atoms with Crippen molar-refractivity contribution in [3.05, 3.63) is 29.8 Å². The van der Waals surface area contributed by atoms with Crippen LogP contribution < -0.4 is 4.74 Å². The molecule has 0 aromatic heterocycles. The quantitative estimate of drug-likeness (QED) is 0.738. The number of hydrogen-bond donors (Lipinski definition) is 2. The first kappa shape index (κ1) is 11.0. The van der Waals surface area contributed by atoms with E-state index >= 15 is 0 Å². The number of hydrogen-bond acceptors (Lipinski definition) is 3. The average molecular weight is 218 g/mol. The fourth-order valence-electron chi connectivity index (χ4n) is 1.68. The van der Waals surface area contributed by atoms with Crippen LogP contribution in [0.5, 0.6) is 5.75 Å². The fraction of sp³-hybridized carbons (Fsp3) is 0.385.